The van der Waals surface area contributed by atoms with Crippen molar-refractivity contribution in [3.63, 3.8) is 0 Å². The lowest BCUT2D eigenvalue weighted by Gasteiger charge is -2.23. The summed E-state index contributed by atoms with van der Waals surface area (Å²) < 4.78 is 0. The lowest BCUT2D eigenvalue weighted by atomic mass is 10.1. The van der Waals surface area contributed by atoms with Gasteiger partial charge in [0.2, 0.25) is 0 Å². The van der Waals surface area contributed by atoms with Gasteiger partial charge in [0.15, 0.2) is 0 Å². The fourth-order valence-corrected chi connectivity index (χ4v) is 1.62. The van der Waals surface area contributed by atoms with E-state index in [2.05, 4.69) is 22.3 Å². The van der Waals surface area contributed by atoms with Crippen LogP contribution in [0.5, 0.6) is 0 Å². The fraction of sp³-hybridized carbons (Fsp3) is 0.500. The molecule has 1 aromatic rings. The average molecular weight is 208 g/mol. The first kappa shape index (κ1) is 12.2. The van der Waals surface area contributed by atoms with Crippen LogP contribution < -0.4 is 5.32 Å². The van der Waals surface area contributed by atoms with Gasteiger partial charge in [-0.15, -0.1) is 0 Å². The van der Waals surface area contributed by atoms with E-state index in [4.69, 9.17) is 5.11 Å². The number of aliphatic hydroxyl groups excluding tert-OH is 1. The number of hydrogen-bond donors (Lipinski definition) is 2. The molecular formula is C12H20N2O. The number of hydrogen-bond acceptors (Lipinski definition) is 3. The van der Waals surface area contributed by atoms with Gasteiger partial charge >= 0.3 is 0 Å². The average Bonchev–Trinajstić information content (AvgIpc) is 2.27. The van der Waals surface area contributed by atoms with Crippen LogP contribution in [0.3, 0.4) is 0 Å². The van der Waals surface area contributed by atoms with E-state index in [-0.39, 0.29) is 6.61 Å². The maximum Gasteiger partial charge on any atom is 0.0558 e. The van der Waals surface area contributed by atoms with Gasteiger partial charge in [0.25, 0.3) is 0 Å². The Hall–Kier alpha value is -0.900. The number of nitrogens with zero attached hydrogens (tertiary/aromatic N) is 1. The number of nitrogens with one attached hydrogen (secondary N) is 1. The monoisotopic (exact) mass is 208 g/mol. The summed E-state index contributed by atoms with van der Waals surface area (Å²) in [5, 5.41) is 12.1. The van der Waals surface area contributed by atoms with Crippen LogP contribution in [-0.4, -0.2) is 43.8 Å². The van der Waals surface area contributed by atoms with Gasteiger partial charge in [-0.25, -0.2) is 0 Å². The topological polar surface area (TPSA) is 35.5 Å². The Labute approximate surface area is 91.7 Å². The molecule has 0 fully saturated rings. The van der Waals surface area contributed by atoms with Crippen molar-refractivity contribution in [1.82, 2.24) is 10.2 Å². The second-order valence-electron chi connectivity index (χ2n) is 3.74. The predicted octanol–water partition coefficient (Wildman–Crippen LogP) is 0.871. The second-order valence-corrected chi connectivity index (χ2v) is 3.74. The molecule has 0 aliphatic rings. The molecule has 0 bridgehead atoms. The van der Waals surface area contributed by atoms with Gasteiger partial charge in [0, 0.05) is 19.1 Å². The van der Waals surface area contributed by atoms with Gasteiger partial charge in [0.05, 0.1) is 6.61 Å². The van der Waals surface area contributed by atoms with E-state index in [0.717, 1.165) is 6.54 Å². The summed E-state index contributed by atoms with van der Waals surface area (Å²) in [6.45, 7) is 1.83. The summed E-state index contributed by atoms with van der Waals surface area (Å²) in [6, 6.07) is 10.7. The minimum absolute atomic E-state index is 0.210. The zero-order chi connectivity index (χ0) is 11.1. The van der Waals surface area contributed by atoms with Crippen molar-refractivity contribution in [1.29, 1.82) is 0 Å². The van der Waals surface area contributed by atoms with E-state index >= 15 is 0 Å². The number of rotatable bonds is 6. The molecule has 3 nitrogen and oxygen atoms in total. The molecule has 84 valence electrons. The van der Waals surface area contributed by atoms with Gasteiger partial charge in [-0.2, -0.15) is 0 Å². The van der Waals surface area contributed by atoms with Crippen LogP contribution in [0.15, 0.2) is 30.3 Å². The van der Waals surface area contributed by atoms with E-state index in [0.29, 0.717) is 12.6 Å². The van der Waals surface area contributed by atoms with Crippen LogP contribution in [0, 0.1) is 0 Å². The van der Waals surface area contributed by atoms with Crippen LogP contribution in [0.25, 0.3) is 0 Å². The Balaban J connectivity index is 2.56. The van der Waals surface area contributed by atoms with Gasteiger partial charge in [-0.3, -0.25) is 0 Å². The summed E-state index contributed by atoms with van der Waals surface area (Å²) in [6.07, 6.45) is 0. The van der Waals surface area contributed by atoms with Crippen molar-refractivity contribution in [2.75, 3.05) is 33.8 Å². The molecule has 0 aromatic heterocycles. The van der Waals surface area contributed by atoms with E-state index in [1.54, 1.807) is 0 Å². The quantitative estimate of drug-likeness (QED) is 0.728. The zero-order valence-corrected chi connectivity index (χ0v) is 9.48. The maximum atomic E-state index is 8.83. The third-order valence-electron chi connectivity index (χ3n) is 2.53. The molecule has 0 aliphatic heterocycles. The van der Waals surface area contributed by atoms with Crippen molar-refractivity contribution >= 4 is 0 Å². The van der Waals surface area contributed by atoms with E-state index in [1.807, 2.05) is 32.3 Å². The third kappa shape index (κ3) is 4.00. The molecule has 2 N–H and O–H groups in total. The lowest BCUT2D eigenvalue weighted by Crippen LogP contribution is -2.32. The maximum absolute atomic E-state index is 8.83. The molecule has 1 aromatic carbocycles. The standard InChI is InChI=1S/C12H20N2O/c1-13-12(10-14(2)8-9-15)11-6-4-3-5-7-11/h3-7,12-13,15H,8-10H2,1-2H3/t12-/m1/s1. The first-order valence-electron chi connectivity index (χ1n) is 5.29. The molecule has 15 heavy (non-hydrogen) atoms. The highest BCUT2D eigenvalue weighted by atomic mass is 16.3. The predicted molar refractivity (Wildman–Crippen MR) is 62.8 cm³/mol. The lowest BCUT2D eigenvalue weighted by molar-refractivity contribution is 0.210. The molecule has 3 heteroatoms. The van der Waals surface area contributed by atoms with Crippen molar-refractivity contribution in [3.8, 4) is 0 Å². The molecule has 0 saturated heterocycles. The van der Waals surface area contributed by atoms with Crippen molar-refractivity contribution < 1.29 is 5.11 Å². The molecule has 0 aliphatic carbocycles. The number of benzene rings is 1. The molecule has 1 rings (SSSR count). The SMILES string of the molecule is CN[C@H](CN(C)CCO)c1ccccc1. The smallest absolute Gasteiger partial charge is 0.0558 e. The Bertz CT molecular complexity index is 264. The van der Waals surface area contributed by atoms with Gasteiger partial charge < -0.3 is 15.3 Å². The highest BCUT2D eigenvalue weighted by Gasteiger charge is 2.10. The summed E-state index contributed by atoms with van der Waals surface area (Å²) in [7, 11) is 3.98. The molecule has 0 amide bonds. The Morgan fingerprint density at radius 2 is 2.00 bits per heavy atom. The Morgan fingerprint density at radius 3 is 2.53 bits per heavy atom. The van der Waals surface area contributed by atoms with E-state index in [1.165, 1.54) is 5.56 Å². The fourth-order valence-electron chi connectivity index (χ4n) is 1.62. The molecule has 0 radical (unpaired) electrons. The van der Waals surface area contributed by atoms with Crippen molar-refractivity contribution in [2.45, 2.75) is 6.04 Å². The van der Waals surface area contributed by atoms with Crippen molar-refractivity contribution in [2.24, 2.45) is 0 Å². The zero-order valence-electron chi connectivity index (χ0n) is 9.48. The Kier molecular flexibility index (Phi) is 5.32. The van der Waals surface area contributed by atoms with Crippen LogP contribution in [0.4, 0.5) is 0 Å². The molecule has 0 spiro atoms. The minimum atomic E-state index is 0.210. The summed E-state index contributed by atoms with van der Waals surface area (Å²) >= 11 is 0. The highest BCUT2D eigenvalue weighted by Crippen LogP contribution is 2.12. The summed E-state index contributed by atoms with van der Waals surface area (Å²) in [5.41, 5.74) is 1.28. The Morgan fingerprint density at radius 1 is 1.33 bits per heavy atom. The number of aliphatic hydroxyl groups is 1. The minimum Gasteiger partial charge on any atom is -0.395 e. The van der Waals surface area contributed by atoms with Crippen LogP contribution in [-0.2, 0) is 0 Å². The largest absolute Gasteiger partial charge is 0.395 e. The van der Waals surface area contributed by atoms with E-state index < -0.39 is 0 Å². The summed E-state index contributed by atoms with van der Waals surface area (Å²) in [4.78, 5) is 2.12. The number of likely N-dealkylation sites (N-methyl/N-ethyl adjacent to an activating group) is 2. The van der Waals surface area contributed by atoms with Crippen LogP contribution >= 0.6 is 0 Å². The van der Waals surface area contributed by atoms with Crippen LogP contribution in [0.2, 0.25) is 0 Å². The summed E-state index contributed by atoms with van der Waals surface area (Å²) in [5.74, 6) is 0. The van der Waals surface area contributed by atoms with Crippen molar-refractivity contribution in [3.05, 3.63) is 35.9 Å². The van der Waals surface area contributed by atoms with Crippen LogP contribution in [0.1, 0.15) is 11.6 Å². The molecular weight excluding hydrogens is 188 g/mol. The molecule has 0 heterocycles. The second kappa shape index (κ2) is 6.56. The van der Waals surface area contributed by atoms with Gasteiger partial charge in [-0.1, -0.05) is 30.3 Å². The molecule has 1 atom stereocenters. The van der Waals surface area contributed by atoms with Gasteiger partial charge in [0.1, 0.15) is 0 Å². The first-order valence-corrected chi connectivity index (χ1v) is 5.29. The van der Waals surface area contributed by atoms with E-state index in [9.17, 15) is 0 Å². The normalized spacial score (nSPS) is 13.1. The molecule has 0 unspecified atom stereocenters. The highest BCUT2D eigenvalue weighted by molar-refractivity contribution is 5.19. The first-order chi connectivity index (χ1) is 7.27. The third-order valence-corrected chi connectivity index (χ3v) is 2.53. The van der Waals surface area contributed by atoms with Gasteiger partial charge in [-0.05, 0) is 19.7 Å². The molecule has 0 saturated carbocycles.